The van der Waals surface area contributed by atoms with E-state index < -0.39 is 84.0 Å². The number of carboxylic acids is 1. The maximum Gasteiger partial charge on any atom is 0.410 e. The molecule has 18 nitrogen and oxygen atoms in total. The lowest BCUT2D eigenvalue weighted by atomic mass is 9.81. The van der Waals surface area contributed by atoms with Crippen LogP contribution in [0, 0.1) is 0 Å². The molecule has 3 fully saturated rings. The van der Waals surface area contributed by atoms with Crippen molar-refractivity contribution in [3.63, 3.8) is 0 Å². The average Bonchev–Trinajstić information content (AvgIpc) is 3.52. The molecule has 5 rings (SSSR count). The summed E-state index contributed by atoms with van der Waals surface area (Å²) in [6.07, 6.45) is -5.92. The molecule has 1 spiro atoms. The number of aryl methyl sites for hydroxylation is 1. The lowest BCUT2D eigenvalue weighted by Gasteiger charge is -2.49. The van der Waals surface area contributed by atoms with E-state index in [4.69, 9.17) is 14.2 Å². The maximum absolute atomic E-state index is 13.0. The zero-order valence-electron chi connectivity index (χ0n) is 30.6. The molecule has 0 radical (unpaired) electrons. The van der Waals surface area contributed by atoms with Gasteiger partial charge in [-0.1, -0.05) is 0 Å². The van der Waals surface area contributed by atoms with E-state index in [1.54, 1.807) is 32.7 Å². The quantitative estimate of drug-likeness (QED) is 0.170. The summed E-state index contributed by atoms with van der Waals surface area (Å²) in [5.74, 6) is -2.66. The highest BCUT2D eigenvalue weighted by Gasteiger charge is 2.55. The number of aromatic nitrogens is 2. The summed E-state index contributed by atoms with van der Waals surface area (Å²) in [5, 5.41) is 49.6. The van der Waals surface area contributed by atoms with Gasteiger partial charge in [-0.3, -0.25) is 19.3 Å². The van der Waals surface area contributed by atoms with Gasteiger partial charge in [0.1, 0.15) is 17.8 Å². The van der Waals surface area contributed by atoms with Crippen molar-refractivity contribution in [3.8, 4) is 0 Å². The van der Waals surface area contributed by atoms with E-state index in [2.05, 4.69) is 20.5 Å². The zero-order valence-corrected chi connectivity index (χ0v) is 30.6. The summed E-state index contributed by atoms with van der Waals surface area (Å²) in [6, 6.07) is 2.97. The number of amides is 3. The third-order valence-electron chi connectivity index (χ3n) is 10.1. The lowest BCUT2D eigenvalue weighted by Crippen LogP contribution is -2.68. The highest BCUT2D eigenvalue weighted by molar-refractivity contribution is 5.97. The Balaban J connectivity index is 1.30. The van der Waals surface area contributed by atoms with Gasteiger partial charge in [0.2, 0.25) is 5.91 Å². The Morgan fingerprint density at radius 3 is 2.58 bits per heavy atom. The number of nitrogens with one attached hydrogen (secondary N) is 2. The Morgan fingerprint density at radius 2 is 1.91 bits per heavy atom. The summed E-state index contributed by atoms with van der Waals surface area (Å²) in [5.41, 5.74) is -3.25. The van der Waals surface area contributed by atoms with Gasteiger partial charge < -0.3 is 54.7 Å². The van der Waals surface area contributed by atoms with E-state index in [1.165, 1.54) is 36.0 Å². The van der Waals surface area contributed by atoms with Gasteiger partial charge in [0, 0.05) is 65.1 Å². The number of aliphatic hydroxyl groups is 3. The molecule has 0 unspecified atom stereocenters. The number of hydrogen-bond donors (Lipinski definition) is 6. The molecule has 0 aliphatic carbocycles. The van der Waals surface area contributed by atoms with Gasteiger partial charge >= 0.3 is 12.1 Å². The standard InChI is InChI=1S/C35H50N6O12/c1-20(42)38-26-24(43)15-35(31(48)49,9-11-41-12-13-51-18-34(41)8-10-40(17-34)32(50)53-33(2,3)4)52-28(26)27(45)25(44)16-36-29(46)21-6-7-22-23(14-21)37-19-39(5)30(22)47/h6-7,14,19,24-28,43-45H,8-13,15-18H2,1-5H3,(H,36,46)(H,38,42)(H,48,49)/t24-,25+,26+,27+,28+,34-,35+/m0/s1. The molecule has 53 heavy (non-hydrogen) atoms. The second kappa shape index (κ2) is 15.6. The smallest absolute Gasteiger partial charge is 0.410 e. The largest absolute Gasteiger partial charge is 0.479 e. The number of ether oxygens (including phenoxy) is 3. The van der Waals surface area contributed by atoms with Crippen molar-refractivity contribution in [1.29, 1.82) is 0 Å². The van der Waals surface area contributed by atoms with Gasteiger partial charge in [-0.05, 0) is 45.4 Å². The molecule has 7 atom stereocenters. The zero-order chi connectivity index (χ0) is 38.9. The monoisotopic (exact) mass is 746 g/mol. The van der Waals surface area contributed by atoms with Crippen molar-refractivity contribution >= 4 is 34.8 Å². The summed E-state index contributed by atoms with van der Waals surface area (Å²) < 4.78 is 18.8. The molecule has 6 N–H and O–H groups in total. The number of morpholine rings is 1. The number of aliphatic carboxylic acids is 1. The van der Waals surface area contributed by atoms with E-state index in [1.807, 2.05) is 0 Å². The highest BCUT2D eigenvalue weighted by Crippen LogP contribution is 2.38. The Bertz CT molecular complexity index is 1760. The van der Waals surface area contributed by atoms with Crippen LogP contribution in [0.2, 0.25) is 0 Å². The molecule has 18 heteroatoms. The van der Waals surface area contributed by atoms with Crippen molar-refractivity contribution < 1.29 is 53.8 Å². The van der Waals surface area contributed by atoms with Crippen LogP contribution in [0.15, 0.2) is 29.3 Å². The van der Waals surface area contributed by atoms with Crippen LogP contribution in [0.1, 0.15) is 57.3 Å². The van der Waals surface area contributed by atoms with Crippen LogP contribution in [0.5, 0.6) is 0 Å². The molecule has 1 aromatic heterocycles. The molecule has 0 saturated carbocycles. The molecule has 3 amide bonds. The van der Waals surface area contributed by atoms with Crippen molar-refractivity contribution in [1.82, 2.24) is 30.0 Å². The number of benzene rings is 1. The highest BCUT2D eigenvalue weighted by atomic mass is 16.6. The van der Waals surface area contributed by atoms with Crippen molar-refractivity contribution in [2.24, 2.45) is 7.05 Å². The molecule has 3 aliphatic heterocycles. The summed E-state index contributed by atoms with van der Waals surface area (Å²) >= 11 is 0. The number of hydrogen-bond acceptors (Lipinski definition) is 13. The van der Waals surface area contributed by atoms with Gasteiger partial charge in [-0.2, -0.15) is 0 Å². The van der Waals surface area contributed by atoms with Crippen molar-refractivity contribution in [2.75, 3.05) is 45.9 Å². The second-order valence-electron chi connectivity index (χ2n) is 15.2. The molecule has 3 saturated heterocycles. The van der Waals surface area contributed by atoms with Gasteiger partial charge in [0.15, 0.2) is 5.60 Å². The van der Waals surface area contributed by atoms with Crippen LogP contribution in [-0.2, 0) is 30.8 Å². The van der Waals surface area contributed by atoms with E-state index in [9.17, 15) is 44.4 Å². The van der Waals surface area contributed by atoms with Crippen LogP contribution >= 0.6 is 0 Å². The minimum atomic E-state index is -2.05. The molecule has 2 aromatic rings. The maximum atomic E-state index is 13.0. The van der Waals surface area contributed by atoms with Crippen LogP contribution in [0.4, 0.5) is 4.79 Å². The second-order valence-corrected chi connectivity index (χ2v) is 15.2. The number of aliphatic hydroxyl groups excluding tert-OH is 3. The molecule has 292 valence electrons. The lowest BCUT2D eigenvalue weighted by molar-refractivity contribution is -0.231. The van der Waals surface area contributed by atoms with Gasteiger partial charge in [-0.25, -0.2) is 14.6 Å². The van der Waals surface area contributed by atoms with E-state index in [-0.39, 0.29) is 29.6 Å². The number of carbonyl (C=O) groups excluding carboxylic acids is 3. The van der Waals surface area contributed by atoms with E-state index in [0.29, 0.717) is 44.7 Å². The Kier molecular flexibility index (Phi) is 11.8. The molecule has 0 bridgehead atoms. The van der Waals surface area contributed by atoms with Crippen LogP contribution in [-0.4, -0.2) is 157 Å². The number of nitrogens with zero attached hydrogens (tertiary/aromatic N) is 4. The predicted molar refractivity (Wildman–Crippen MR) is 187 cm³/mol. The SMILES string of the molecule is CC(=O)N[C@H]1[C@H]([C@H](O)[C@H](O)CNC(=O)c2ccc3c(=O)n(C)cnc3c2)O[C@@](CCN2CCOC[C@@]23CCN(C(=O)OC(C)(C)C)C3)(C(=O)O)C[C@@H]1O. The average molecular weight is 747 g/mol. The molecular formula is C35H50N6O12. The van der Waals surface area contributed by atoms with Crippen LogP contribution in [0.3, 0.4) is 0 Å². The fourth-order valence-electron chi connectivity index (χ4n) is 7.30. The van der Waals surface area contributed by atoms with Gasteiger partial charge in [0.05, 0.1) is 54.2 Å². The first-order valence-corrected chi connectivity index (χ1v) is 17.6. The number of rotatable bonds is 10. The normalized spacial score (nSPS) is 27.7. The Morgan fingerprint density at radius 1 is 1.17 bits per heavy atom. The van der Waals surface area contributed by atoms with Crippen molar-refractivity contribution in [3.05, 3.63) is 40.4 Å². The Labute approximate surface area is 306 Å². The molecule has 3 aliphatic rings. The molecular weight excluding hydrogens is 696 g/mol. The van der Waals surface area contributed by atoms with Gasteiger partial charge in [0.25, 0.3) is 11.5 Å². The number of likely N-dealkylation sites (tertiary alicyclic amines) is 1. The summed E-state index contributed by atoms with van der Waals surface area (Å²) in [4.78, 5) is 71.2. The topological polar surface area (TPSA) is 242 Å². The van der Waals surface area contributed by atoms with Gasteiger partial charge in [-0.15, -0.1) is 0 Å². The van der Waals surface area contributed by atoms with E-state index >= 15 is 0 Å². The third-order valence-corrected chi connectivity index (χ3v) is 10.1. The van der Waals surface area contributed by atoms with Crippen LogP contribution < -0.4 is 16.2 Å². The Hall–Kier alpha value is -4.20. The molecule has 4 heterocycles. The first-order valence-electron chi connectivity index (χ1n) is 17.6. The number of carbonyl (C=O) groups is 4. The number of carboxylic acid groups (broad SMARTS) is 1. The number of fused-ring (bicyclic) bond motifs is 1. The predicted octanol–water partition coefficient (Wildman–Crippen LogP) is -1.04. The summed E-state index contributed by atoms with van der Waals surface area (Å²) in [7, 11) is 1.55. The third kappa shape index (κ3) is 8.79. The first kappa shape index (κ1) is 40.0. The first-order chi connectivity index (χ1) is 24.8. The fraction of sp³-hybridized carbons (Fsp3) is 0.657. The van der Waals surface area contributed by atoms with E-state index in [0.717, 1.165) is 0 Å². The summed E-state index contributed by atoms with van der Waals surface area (Å²) in [6.45, 7) is 7.97. The minimum Gasteiger partial charge on any atom is -0.479 e. The molecule has 1 aromatic carbocycles. The minimum absolute atomic E-state index is 0.127. The van der Waals surface area contributed by atoms with Crippen LogP contribution in [0.25, 0.3) is 10.9 Å². The fourth-order valence-corrected chi connectivity index (χ4v) is 7.30. The van der Waals surface area contributed by atoms with Crippen molar-refractivity contribution in [2.45, 2.75) is 94.2 Å².